The number of hydrogen-bond donors (Lipinski definition) is 0. The minimum Gasteiger partial charge on any atom is -0.453 e. The van der Waals surface area contributed by atoms with Gasteiger partial charge in [0, 0.05) is 12.4 Å². The van der Waals surface area contributed by atoms with Gasteiger partial charge >= 0.3 is 0 Å². The molecule has 0 saturated heterocycles. The fraction of sp³-hybridized carbons (Fsp3) is 0.200. The summed E-state index contributed by atoms with van der Waals surface area (Å²) in [5.41, 5.74) is 2.18. The minimum atomic E-state index is -0.133. The molecule has 0 spiro atoms. The molecular formula is C15H14N2O2. The first-order chi connectivity index (χ1) is 9.19. The number of nitrogens with zero attached hydrogens (tertiary/aromatic N) is 2. The highest BCUT2D eigenvalue weighted by Crippen LogP contribution is 2.21. The number of aromatic nitrogens is 2. The van der Waals surface area contributed by atoms with E-state index in [9.17, 15) is 4.79 Å². The number of fused-ring (bicyclic) bond motifs is 1. The number of benzene rings is 1. The summed E-state index contributed by atoms with van der Waals surface area (Å²) < 4.78 is 7.20. The Morgan fingerprint density at radius 2 is 2.11 bits per heavy atom. The van der Waals surface area contributed by atoms with Gasteiger partial charge < -0.3 is 4.42 Å². The first kappa shape index (κ1) is 11.7. The molecule has 0 radical (unpaired) electrons. The Hall–Kier alpha value is -2.36. The summed E-state index contributed by atoms with van der Waals surface area (Å²) in [6, 6.07) is 11.2. The Kier molecular flexibility index (Phi) is 2.71. The highest BCUT2D eigenvalue weighted by atomic mass is 16.3. The summed E-state index contributed by atoms with van der Waals surface area (Å²) in [5, 5.41) is 5.22. The van der Waals surface area contributed by atoms with Crippen LogP contribution in [0.1, 0.15) is 28.9 Å². The van der Waals surface area contributed by atoms with E-state index in [2.05, 4.69) is 5.10 Å². The third-order valence-corrected chi connectivity index (χ3v) is 3.17. The van der Waals surface area contributed by atoms with Gasteiger partial charge in [0.05, 0.1) is 5.69 Å². The van der Waals surface area contributed by atoms with Crippen LogP contribution in [-0.2, 0) is 13.5 Å². The summed E-state index contributed by atoms with van der Waals surface area (Å²) in [7, 11) is 1.77. The van der Waals surface area contributed by atoms with Crippen LogP contribution in [0, 0.1) is 0 Å². The molecule has 19 heavy (non-hydrogen) atoms. The SMILES string of the molecule is CCc1cc(C(=O)c2cc3ccccc3o2)n(C)n1. The molecule has 0 fully saturated rings. The van der Waals surface area contributed by atoms with Crippen LogP contribution >= 0.6 is 0 Å². The van der Waals surface area contributed by atoms with E-state index >= 15 is 0 Å². The molecule has 0 aliphatic rings. The van der Waals surface area contributed by atoms with Crippen molar-refractivity contribution in [3.8, 4) is 0 Å². The largest absolute Gasteiger partial charge is 0.453 e. The molecule has 0 aliphatic heterocycles. The third-order valence-electron chi connectivity index (χ3n) is 3.17. The molecule has 2 aromatic heterocycles. The van der Waals surface area contributed by atoms with Crippen molar-refractivity contribution in [3.05, 3.63) is 53.5 Å². The second kappa shape index (κ2) is 4.39. The van der Waals surface area contributed by atoms with Gasteiger partial charge in [0.25, 0.3) is 0 Å². The van der Waals surface area contributed by atoms with Crippen LogP contribution in [0.15, 0.2) is 40.8 Å². The summed E-state index contributed by atoms with van der Waals surface area (Å²) in [6.45, 7) is 2.01. The number of carbonyl (C=O) groups is 1. The van der Waals surface area contributed by atoms with Crippen LogP contribution in [0.2, 0.25) is 0 Å². The Labute approximate surface area is 110 Å². The second-order valence-electron chi connectivity index (χ2n) is 4.48. The smallest absolute Gasteiger partial charge is 0.246 e. The predicted molar refractivity (Wildman–Crippen MR) is 72.2 cm³/mol. The molecule has 96 valence electrons. The highest BCUT2D eigenvalue weighted by Gasteiger charge is 2.18. The van der Waals surface area contributed by atoms with E-state index in [1.165, 1.54) is 0 Å². The number of carbonyl (C=O) groups excluding carboxylic acids is 1. The van der Waals surface area contributed by atoms with Crippen molar-refractivity contribution in [1.82, 2.24) is 9.78 Å². The Balaban J connectivity index is 2.05. The van der Waals surface area contributed by atoms with Gasteiger partial charge in [-0.05, 0) is 24.6 Å². The van der Waals surface area contributed by atoms with E-state index < -0.39 is 0 Å². The molecule has 4 nitrogen and oxygen atoms in total. The molecule has 1 aromatic carbocycles. The molecule has 0 N–H and O–H groups in total. The fourth-order valence-electron chi connectivity index (χ4n) is 2.13. The molecule has 0 unspecified atom stereocenters. The predicted octanol–water partition coefficient (Wildman–Crippen LogP) is 2.96. The zero-order valence-electron chi connectivity index (χ0n) is 10.9. The molecule has 3 aromatic rings. The van der Waals surface area contributed by atoms with Crippen molar-refractivity contribution in [2.45, 2.75) is 13.3 Å². The zero-order chi connectivity index (χ0) is 13.4. The Morgan fingerprint density at radius 3 is 2.79 bits per heavy atom. The van der Waals surface area contributed by atoms with Crippen molar-refractivity contribution in [2.75, 3.05) is 0 Å². The maximum atomic E-state index is 12.4. The van der Waals surface area contributed by atoms with Crippen LogP contribution in [0.5, 0.6) is 0 Å². The quantitative estimate of drug-likeness (QED) is 0.675. The first-order valence-electron chi connectivity index (χ1n) is 6.25. The van der Waals surface area contributed by atoms with Gasteiger partial charge in [0.1, 0.15) is 11.3 Å². The number of aryl methyl sites for hydroxylation is 2. The molecule has 0 bridgehead atoms. The molecule has 0 atom stereocenters. The van der Waals surface area contributed by atoms with Gasteiger partial charge in [-0.15, -0.1) is 0 Å². The van der Waals surface area contributed by atoms with E-state index in [0.29, 0.717) is 11.5 Å². The van der Waals surface area contributed by atoms with Crippen LogP contribution < -0.4 is 0 Å². The summed E-state index contributed by atoms with van der Waals surface area (Å²) in [4.78, 5) is 12.4. The second-order valence-corrected chi connectivity index (χ2v) is 4.48. The average Bonchev–Trinajstić information content (AvgIpc) is 3.01. The monoisotopic (exact) mass is 254 g/mol. The zero-order valence-corrected chi connectivity index (χ0v) is 10.9. The van der Waals surface area contributed by atoms with E-state index in [0.717, 1.165) is 23.1 Å². The lowest BCUT2D eigenvalue weighted by atomic mass is 10.2. The number of rotatable bonds is 3. The maximum Gasteiger partial charge on any atom is 0.246 e. The standard InChI is InChI=1S/C15H14N2O2/c1-3-11-9-12(17(2)16-11)15(18)14-8-10-6-4-5-7-13(10)19-14/h4-9H,3H2,1-2H3. The molecule has 0 saturated carbocycles. The van der Waals surface area contributed by atoms with Gasteiger partial charge in [0.2, 0.25) is 5.78 Å². The topological polar surface area (TPSA) is 48.0 Å². The van der Waals surface area contributed by atoms with E-state index in [1.54, 1.807) is 17.8 Å². The van der Waals surface area contributed by atoms with E-state index in [-0.39, 0.29) is 5.78 Å². The van der Waals surface area contributed by atoms with Crippen LogP contribution in [0.3, 0.4) is 0 Å². The van der Waals surface area contributed by atoms with Gasteiger partial charge in [-0.2, -0.15) is 5.10 Å². The number of furan rings is 1. The van der Waals surface area contributed by atoms with Crippen molar-refractivity contribution in [2.24, 2.45) is 7.05 Å². The summed E-state index contributed by atoms with van der Waals surface area (Å²) in [6.07, 6.45) is 0.807. The lowest BCUT2D eigenvalue weighted by molar-refractivity contribution is 0.100. The molecule has 4 heteroatoms. The number of para-hydroxylation sites is 1. The Morgan fingerprint density at radius 1 is 1.32 bits per heavy atom. The molecule has 3 rings (SSSR count). The van der Waals surface area contributed by atoms with Crippen molar-refractivity contribution in [1.29, 1.82) is 0 Å². The third kappa shape index (κ3) is 1.95. The number of hydrogen-bond acceptors (Lipinski definition) is 3. The molecular weight excluding hydrogens is 240 g/mol. The van der Waals surface area contributed by atoms with Gasteiger partial charge in [-0.25, -0.2) is 0 Å². The van der Waals surface area contributed by atoms with Crippen LogP contribution in [0.25, 0.3) is 11.0 Å². The molecule has 2 heterocycles. The fourth-order valence-corrected chi connectivity index (χ4v) is 2.13. The van der Waals surface area contributed by atoms with Crippen molar-refractivity contribution < 1.29 is 9.21 Å². The molecule has 0 amide bonds. The van der Waals surface area contributed by atoms with Gasteiger partial charge in [-0.3, -0.25) is 9.48 Å². The lowest BCUT2D eigenvalue weighted by Gasteiger charge is -1.96. The van der Waals surface area contributed by atoms with Gasteiger partial charge in [-0.1, -0.05) is 25.1 Å². The van der Waals surface area contributed by atoms with E-state index in [4.69, 9.17) is 4.42 Å². The Bertz CT molecular complexity index is 719. The van der Waals surface area contributed by atoms with Crippen molar-refractivity contribution >= 4 is 16.8 Å². The van der Waals surface area contributed by atoms with Crippen LogP contribution in [-0.4, -0.2) is 15.6 Å². The maximum absolute atomic E-state index is 12.4. The summed E-state index contributed by atoms with van der Waals surface area (Å²) in [5.74, 6) is 0.220. The molecule has 0 aliphatic carbocycles. The average molecular weight is 254 g/mol. The van der Waals surface area contributed by atoms with Gasteiger partial charge in [0.15, 0.2) is 5.76 Å². The number of ketones is 1. The first-order valence-corrected chi connectivity index (χ1v) is 6.25. The lowest BCUT2D eigenvalue weighted by Crippen LogP contribution is -2.07. The highest BCUT2D eigenvalue weighted by molar-refractivity contribution is 6.08. The summed E-state index contributed by atoms with van der Waals surface area (Å²) >= 11 is 0. The normalized spacial score (nSPS) is 11.1. The van der Waals surface area contributed by atoms with Crippen molar-refractivity contribution in [3.63, 3.8) is 0 Å². The minimum absolute atomic E-state index is 0.133. The van der Waals surface area contributed by atoms with E-state index in [1.807, 2.05) is 37.3 Å². The van der Waals surface area contributed by atoms with Crippen LogP contribution in [0.4, 0.5) is 0 Å².